The van der Waals surface area contributed by atoms with E-state index < -0.39 is 12.0 Å². The van der Waals surface area contributed by atoms with Gasteiger partial charge in [0.25, 0.3) is 5.91 Å². The van der Waals surface area contributed by atoms with Crippen LogP contribution in [-0.2, 0) is 16.0 Å². The summed E-state index contributed by atoms with van der Waals surface area (Å²) in [6, 6.07) is 6.31. The highest BCUT2D eigenvalue weighted by Gasteiger charge is 2.35. The molecule has 1 aliphatic rings. The standard InChI is InChI=1S/C20H21ClN2O5/c1-26-17-8-12-5-7-23(20(25)15-9-13(21)4-6-22-15)16(11-19(24)28-3)14(12)10-18(17)27-2/h4,6,8-10,16H,5,7,11H2,1-3H3. The van der Waals surface area contributed by atoms with Crippen LogP contribution in [-0.4, -0.2) is 49.6 Å². The van der Waals surface area contributed by atoms with Gasteiger partial charge in [0, 0.05) is 17.8 Å². The smallest absolute Gasteiger partial charge is 0.307 e. The first-order chi connectivity index (χ1) is 13.5. The Hall–Kier alpha value is -2.80. The molecule has 0 radical (unpaired) electrons. The van der Waals surface area contributed by atoms with E-state index in [1.165, 1.54) is 19.4 Å². The van der Waals surface area contributed by atoms with E-state index in [9.17, 15) is 9.59 Å². The number of hydrogen-bond donors (Lipinski definition) is 0. The number of benzene rings is 1. The SMILES string of the molecule is COC(=O)CC1c2cc(OC)c(OC)cc2CCN1C(=O)c1cc(Cl)ccn1. The van der Waals surface area contributed by atoms with Gasteiger partial charge in [-0.15, -0.1) is 0 Å². The fourth-order valence-electron chi connectivity index (χ4n) is 3.40. The van der Waals surface area contributed by atoms with Crippen molar-refractivity contribution in [2.24, 2.45) is 0 Å². The molecule has 0 aliphatic carbocycles. The van der Waals surface area contributed by atoms with Crippen LogP contribution in [0.2, 0.25) is 5.02 Å². The normalized spacial score (nSPS) is 15.6. The maximum atomic E-state index is 13.1. The van der Waals surface area contributed by atoms with Gasteiger partial charge in [-0.3, -0.25) is 14.6 Å². The van der Waals surface area contributed by atoms with Gasteiger partial charge in [0.1, 0.15) is 5.69 Å². The fourth-order valence-corrected chi connectivity index (χ4v) is 3.56. The van der Waals surface area contributed by atoms with Gasteiger partial charge in [0.15, 0.2) is 11.5 Å². The average Bonchev–Trinajstić information content (AvgIpc) is 2.72. The Morgan fingerprint density at radius 2 is 1.89 bits per heavy atom. The summed E-state index contributed by atoms with van der Waals surface area (Å²) < 4.78 is 15.6. The second kappa shape index (κ2) is 8.48. The van der Waals surface area contributed by atoms with E-state index in [0.29, 0.717) is 29.5 Å². The van der Waals surface area contributed by atoms with Crippen molar-refractivity contribution in [1.82, 2.24) is 9.88 Å². The summed E-state index contributed by atoms with van der Waals surface area (Å²) in [5, 5.41) is 0.423. The molecule has 2 aromatic rings. The van der Waals surface area contributed by atoms with Crippen molar-refractivity contribution in [2.45, 2.75) is 18.9 Å². The van der Waals surface area contributed by atoms with Gasteiger partial charge < -0.3 is 19.1 Å². The van der Waals surface area contributed by atoms with Crippen LogP contribution in [0, 0.1) is 0 Å². The van der Waals surface area contributed by atoms with Crippen molar-refractivity contribution in [2.75, 3.05) is 27.9 Å². The van der Waals surface area contributed by atoms with Crippen molar-refractivity contribution in [1.29, 1.82) is 0 Å². The predicted molar refractivity (Wildman–Crippen MR) is 103 cm³/mol. The summed E-state index contributed by atoms with van der Waals surface area (Å²) in [6.45, 7) is 0.428. The van der Waals surface area contributed by atoms with E-state index >= 15 is 0 Å². The summed E-state index contributed by atoms with van der Waals surface area (Å²) in [6.07, 6.45) is 2.11. The number of methoxy groups -OCH3 is 3. The lowest BCUT2D eigenvalue weighted by Gasteiger charge is -2.37. The zero-order valence-corrected chi connectivity index (χ0v) is 16.7. The zero-order valence-electron chi connectivity index (χ0n) is 15.9. The van der Waals surface area contributed by atoms with Crippen molar-refractivity contribution in [3.8, 4) is 11.5 Å². The third kappa shape index (κ3) is 3.89. The number of aromatic nitrogens is 1. The maximum Gasteiger partial charge on any atom is 0.307 e. The van der Waals surface area contributed by atoms with Crippen LogP contribution in [0.15, 0.2) is 30.5 Å². The minimum absolute atomic E-state index is 0.0191. The summed E-state index contributed by atoms with van der Waals surface area (Å²) in [7, 11) is 4.44. The van der Waals surface area contributed by atoms with Gasteiger partial charge in [-0.1, -0.05) is 11.6 Å². The summed E-state index contributed by atoms with van der Waals surface area (Å²) in [5.41, 5.74) is 2.05. The van der Waals surface area contributed by atoms with E-state index in [4.69, 9.17) is 25.8 Å². The van der Waals surface area contributed by atoms with Crippen molar-refractivity contribution < 1.29 is 23.8 Å². The number of carbonyl (C=O) groups excluding carboxylic acids is 2. The molecule has 1 aliphatic heterocycles. The number of hydrogen-bond acceptors (Lipinski definition) is 6. The molecular weight excluding hydrogens is 384 g/mol. The first-order valence-corrected chi connectivity index (χ1v) is 9.10. The van der Waals surface area contributed by atoms with Gasteiger partial charge >= 0.3 is 5.97 Å². The second-order valence-corrected chi connectivity index (χ2v) is 6.75. The van der Waals surface area contributed by atoms with Crippen LogP contribution >= 0.6 is 11.6 Å². The highest BCUT2D eigenvalue weighted by molar-refractivity contribution is 6.30. The Morgan fingerprint density at radius 3 is 2.54 bits per heavy atom. The van der Waals surface area contributed by atoms with E-state index in [1.54, 1.807) is 25.2 Å². The predicted octanol–water partition coefficient (Wildman–Crippen LogP) is 3.05. The molecule has 3 rings (SSSR count). The van der Waals surface area contributed by atoms with Gasteiger partial charge in [0.05, 0.1) is 33.8 Å². The van der Waals surface area contributed by atoms with Crippen molar-refractivity contribution in [3.63, 3.8) is 0 Å². The minimum atomic E-state index is -0.510. The molecule has 148 valence electrons. The van der Waals surface area contributed by atoms with Crippen LogP contribution in [0.5, 0.6) is 11.5 Å². The zero-order chi connectivity index (χ0) is 20.3. The molecular formula is C20H21ClN2O5. The van der Waals surface area contributed by atoms with E-state index in [2.05, 4.69) is 4.98 Å². The van der Waals surface area contributed by atoms with Crippen molar-refractivity contribution in [3.05, 3.63) is 52.3 Å². The molecule has 28 heavy (non-hydrogen) atoms. The molecule has 0 bridgehead atoms. The Bertz CT molecular complexity index is 902. The monoisotopic (exact) mass is 404 g/mol. The number of ether oxygens (including phenoxy) is 3. The van der Waals surface area contributed by atoms with E-state index in [1.807, 2.05) is 12.1 Å². The van der Waals surface area contributed by atoms with E-state index in [0.717, 1.165) is 11.1 Å². The molecule has 0 fully saturated rings. The first-order valence-electron chi connectivity index (χ1n) is 8.72. The number of amides is 1. The molecule has 8 heteroatoms. The molecule has 0 N–H and O–H groups in total. The molecule has 7 nitrogen and oxygen atoms in total. The average molecular weight is 405 g/mol. The van der Waals surface area contributed by atoms with E-state index in [-0.39, 0.29) is 18.0 Å². The van der Waals surface area contributed by atoms with Crippen LogP contribution in [0.1, 0.15) is 34.1 Å². The number of nitrogens with zero attached hydrogens (tertiary/aromatic N) is 2. The molecule has 0 saturated heterocycles. The number of carbonyl (C=O) groups is 2. The lowest BCUT2D eigenvalue weighted by molar-refractivity contribution is -0.141. The van der Waals surface area contributed by atoms with Gasteiger partial charge in [0.2, 0.25) is 0 Å². The highest BCUT2D eigenvalue weighted by atomic mass is 35.5. The molecule has 0 saturated carbocycles. The summed E-state index contributed by atoms with van der Waals surface area (Å²) in [4.78, 5) is 30.9. The van der Waals surface area contributed by atoms with Crippen LogP contribution in [0.4, 0.5) is 0 Å². The number of esters is 1. The number of rotatable bonds is 5. The van der Waals surface area contributed by atoms with Crippen LogP contribution < -0.4 is 9.47 Å². The largest absolute Gasteiger partial charge is 0.493 e. The fraction of sp³-hybridized carbons (Fsp3) is 0.350. The molecule has 1 atom stereocenters. The lowest BCUT2D eigenvalue weighted by Crippen LogP contribution is -2.41. The first kappa shape index (κ1) is 19.9. The van der Waals surface area contributed by atoms with Crippen LogP contribution in [0.25, 0.3) is 0 Å². The third-order valence-electron chi connectivity index (χ3n) is 4.79. The molecule has 2 heterocycles. The summed E-state index contributed by atoms with van der Waals surface area (Å²) in [5.74, 6) is 0.432. The van der Waals surface area contributed by atoms with Crippen molar-refractivity contribution >= 4 is 23.5 Å². The highest BCUT2D eigenvalue weighted by Crippen LogP contribution is 2.40. The molecule has 1 aromatic heterocycles. The quantitative estimate of drug-likeness (QED) is 0.713. The number of fused-ring (bicyclic) bond motifs is 1. The van der Waals surface area contributed by atoms with Crippen LogP contribution in [0.3, 0.4) is 0 Å². The topological polar surface area (TPSA) is 78.0 Å². The maximum absolute atomic E-state index is 13.1. The molecule has 0 spiro atoms. The Kier molecular flexibility index (Phi) is 6.04. The summed E-state index contributed by atoms with van der Waals surface area (Å²) >= 11 is 6.01. The molecule has 1 amide bonds. The Labute approximate surface area is 168 Å². The Morgan fingerprint density at radius 1 is 1.18 bits per heavy atom. The Balaban J connectivity index is 2.04. The molecule has 1 aromatic carbocycles. The second-order valence-electron chi connectivity index (χ2n) is 6.31. The minimum Gasteiger partial charge on any atom is -0.493 e. The number of pyridine rings is 1. The van der Waals surface area contributed by atoms with Gasteiger partial charge in [-0.05, 0) is 41.8 Å². The third-order valence-corrected chi connectivity index (χ3v) is 5.03. The molecule has 1 unspecified atom stereocenters. The van der Waals surface area contributed by atoms with Gasteiger partial charge in [-0.25, -0.2) is 0 Å². The van der Waals surface area contributed by atoms with Gasteiger partial charge in [-0.2, -0.15) is 0 Å². The lowest BCUT2D eigenvalue weighted by atomic mass is 9.89. The number of halogens is 1.